The van der Waals surface area contributed by atoms with Crippen LogP contribution in [-0.2, 0) is 6.42 Å². The fraction of sp³-hybridized carbons (Fsp3) is 0.167. The summed E-state index contributed by atoms with van der Waals surface area (Å²) in [4.78, 5) is 19.2. The predicted octanol–water partition coefficient (Wildman–Crippen LogP) is 4.17. The molecule has 2 aromatic heterocycles. The van der Waals surface area contributed by atoms with E-state index in [-0.39, 0.29) is 11.1 Å². The van der Waals surface area contributed by atoms with Crippen LogP contribution in [0.3, 0.4) is 0 Å². The fourth-order valence-electron chi connectivity index (χ4n) is 3.08. The summed E-state index contributed by atoms with van der Waals surface area (Å²) in [6.45, 7) is 0.647. The highest BCUT2D eigenvalue weighted by atomic mass is 35.5. The van der Waals surface area contributed by atoms with E-state index in [0.717, 1.165) is 24.1 Å². The molecule has 1 aliphatic heterocycles. The van der Waals surface area contributed by atoms with Crippen molar-refractivity contribution in [2.24, 2.45) is 0 Å². The Kier molecular flexibility index (Phi) is 4.19. The second kappa shape index (κ2) is 6.50. The van der Waals surface area contributed by atoms with Crippen molar-refractivity contribution in [1.29, 1.82) is 0 Å². The number of nitrogens with zero attached hydrogens (tertiary/aromatic N) is 4. The third kappa shape index (κ3) is 2.90. The van der Waals surface area contributed by atoms with Gasteiger partial charge in [0.25, 0.3) is 5.91 Å². The molecule has 4 rings (SSSR count). The smallest absolute Gasteiger partial charge is 0.277 e. The molecule has 0 N–H and O–H groups in total. The lowest BCUT2D eigenvalue weighted by Crippen LogP contribution is -2.36. The Morgan fingerprint density at radius 3 is 2.80 bits per heavy atom. The molecule has 0 aliphatic carbocycles. The Balaban J connectivity index is 1.79. The molecule has 1 amide bonds. The number of pyridine rings is 1. The second-order valence-corrected chi connectivity index (χ2v) is 6.56. The molecular weight excluding hydrogens is 359 g/mol. The molecule has 1 aromatic carbocycles. The lowest BCUT2D eigenvalue weighted by molar-refractivity contribution is 0.0977. The maximum absolute atomic E-state index is 13.2. The Labute approximate surface area is 154 Å². The number of fused-ring (bicyclic) bond motifs is 1. The Morgan fingerprint density at radius 2 is 1.96 bits per heavy atom. The van der Waals surface area contributed by atoms with Gasteiger partial charge in [-0.05, 0) is 36.6 Å². The van der Waals surface area contributed by atoms with Crippen molar-refractivity contribution in [3.8, 4) is 5.82 Å². The monoisotopic (exact) mass is 372 g/mol. The number of aryl methyl sites for hydroxylation is 1. The molecule has 0 fully saturated rings. The molecule has 0 unspecified atom stereocenters. The molecule has 3 aromatic rings. The number of benzene rings is 1. The van der Waals surface area contributed by atoms with E-state index in [9.17, 15) is 4.79 Å². The number of carbonyl (C=O) groups is 1. The van der Waals surface area contributed by atoms with E-state index < -0.39 is 0 Å². The topological polar surface area (TPSA) is 51.0 Å². The number of para-hydroxylation sites is 1. The predicted molar refractivity (Wildman–Crippen MR) is 97.8 cm³/mol. The molecule has 3 heterocycles. The lowest BCUT2D eigenvalue weighted by atomic mass is 10.0. The summed E-state index contributed by atoms with van der Waals surface area (Å²) < 4.78 is 1.41. The van der Waals surface area contributed by atoms with Gasteiger partial charge in [0.05, 0.1) is 5.02 Å². The van der Waals surface area contributed by atoms with Crippen LogP contribution in [0.1, 0.15) is 22.5 Å². The van der Waals surface area contributed by atoms with Crippen LogP contribution in [0.25, 0.3) is 5.82 Å². The van der Waals surface area contributed by atoms with E-state index >= 15 is 0 Å². The normalized spacial score (nSPS) is 13.6. The number of amides is 1. The van der Waals surface area contributed by atoms with Gasteiger partial charge in [0.15, 0.2) is 11.0 Å². The standard InChI is InChI=1S/C18H14Cl2N4O/c19-13-7-3-9-21-17(13)24-15(11-16(20)22-24)18(25)23-10-4-6-12-5-1-2-8-14(12)23/h1-3,5,7-9,11H,4,6,10H2. The van der Waals surface area contributed by atoms with Gasteiger partial charge in [0, 0.05) is 24.5 Å². The minimum absolute atomic E-state index is 0.173. The van der Waals surface area contributed by atoms with Crippen LogP contribution in [0.4, 0.5) is 5.69 Å². The van der Waals surface area contributed by atoms with E-state index in [2.05, 4.69) is 16.1 Å². The summed E-state index contributed by atoms with van der Waals surface area (Å²) in [5.41, 5.74) is 2.42. The zero-order valence-electron chi connectivity index (χ0n) is 13.2. The minimum atomic E-state index is -0.173. The Morgan fingerprint density at radius 1 is 1.12 bits per heavy atom. The highest BCUT2D eigenvalue weighted by Gasteiger charge is 2.27. The average molecular weight is 373 g/mol. The number of aromatic nitrogens is 3. The zero-order chi connectivity index (χ0) is 17.4. The summed E-state index contributed by atoms with van der Waals surface area (Å²) in [6.07, 6.45) is 3.47. The van der Waals surface area contributed by atoms with Crippen LogP contribution in [0.2, 0.25) is 10.2 Å². The van der Waals surface area contributed by atoms with Crippen molar-refractivity contribution < 1.29 is 4.79 Å². The summed E-state index contributed by atoms with van der Waals surface area (Å²) in [5.74, 6) is 0.206. The maximum Gasteiger partial charge on any atom is 0.277 e. The van der Waals surface area contributed by atoms with Gasteiger partial charge in [-0.1, -0.05) is 41.4 Å². The lowest BCUT2D eigenvalue weighted by Gasteiger charge is -2.29. The third-order valence-corrected chi connectivity index (χ3v) is 4.67. The van der Waals surface area contributed by atoms with E-state index in [4.69, 9.17) is 23.2 Å². The second-order valence-electron chi connectivity index (χ2n) is 5.76. The van der Waals surface area contributed by atoms with E-state index in [1.807, 2.05) is 18.2 Å². The van der Waals surface area contributed by atoms with Crippen molar-refractivity contribution in [2.45, 2.75) is 12.8 Å². The van der Waals surface area contributed by atoms with E-state index in [1.54, 1.807) is 29.3 Å². The van der Waals surface area contributed by atoms with Crippen molar-refractivity contribution >= 4 is 34.8 Å². The van der Waals surface area contributed by atoms with Crippen LogP contribution in [0, 0.1) is 0 Å². The van der Waals surface area contributed by atoms with Crippen LogP contribution >= 0.6 is 23.2 Å². The number of carbonyl (C=O) groups excluding carboxylic acids is 1. The van der Waals surface area contributed by atoms with Gasteiger partial charge in [-0.15, -0.1) is 0 Å². The van der Waals surface area contributed by atoms with Crippen LogP contribution in [0.5, 0.6) is 0 Å². The van der Waals surface area contributed by atoms with E-state index in [0.29, 0.717) is 23.1 Å². The SMILES string of the molecule is O=C(c1cc(Cl)nn1-c1ncccc1Cl)N1CCCc2ccccc21. The summed E-state index contributed by atoms with van der Waals surface area (Å²) in [5, 5.41) is 4.82. The first-order valence-electron chi connectivity index (χ1n) is 7.91. The number of rotatable bonds is 2. The number of hydrogen-bond acceptors (Lipinski definition) is 3. The minimum Gasteiger partial charge on any atom is -0.307 e. The summed E-state index contributed by atoms with van der Waals surface area (Å²) in [6, 6.07) is 12.9. The van der Waals surface area contributed by atoms with Gasteiger partial charge in [-0.25, -0.2) is 9.67 Å². The number of halogens is 2. The highest BCUT2D eigenvalue weighted by molar-refractivity contribution is 6.32. The molecular formula is C18H14Cl2N4O. The van der Waals surface area contributed by atoms with Gasteiger partial charge in [-0.3, -0.25) is 4.79 Å². The molecule has 7 heteroatoms. The molecule has 0 radical (unpaired) electrons. The van der Waals surface area contributed by atoms with Crippen molar-refractivity contribution in [1.82, 2.24) is 14.8 Å². The molecule has 0 atom stereocenters. The molecule has 1 aliphatic rings. The van der Waals surface area contributed by atoms with Gasteiger partial charge in [0.1, 0.15) is 5.69 Å². The molecule has 25 heavy (non-hydrogen) atoms. The fourth-order valence-corrected chi connectivity index (χ4v) is 3.46. The van der Waals surface area contributed by atoms with Crippen LogP contribution in [-0.4, -0.2) is 27.2 Å². The van der Waals surface area contributed by atoms with Crippen molar-refractivity contribution in [3.05, 3.63) is 70.1 Å². The van der Waals surface area contributed by atoms with Gasteiger partial charge >= 0.3 is 0 Å². The number of hydrogen-bond donors (Lipinski definition) is 0. The molecule has 126 valence electrons. The Hall–Kier alpha value is -2.37. The van der Waals surface area contributed by atoms with Gasteiger partial charge < -0.3 is 4.90 Å². The molecule has 5 nitrogen and oxygen atoms in total. The zero-order valence-corrected chi connectivity index (χ0v) is 14.7. The first-order chi connectivity index (χ1) is 12.1. The van der Waals surface area contributed by atoms with Gasteiger partial charge in [-0.2, -0.15) is 5.10 Å². The van der Waals surface area contributed by atoms with Gasteiger partial charge in [0.2, 0.25) is 0 Å². The van der Waals surface area contributed by atoms with Crippen LogP contribution in [0.15, 0.2) is 48.7 Å². The largest absolute Gasteiger partial charge is 0.307 e. The molecule has 0 bridgehead atoms. The average Bonchev–Trinajstić information content (AvgIpc) is 3.02. The first-order valence-corrected chi connectivity index (χ1v) is 8.67. The molecule has 0 saturated heterocycles. The number of anilines is 1. The molecule has 0 saturated carbocycles. The maximum atomic E-state index is 13.2. The summed E-state index contributed by atoms with van der Waals surface area (Å²) in [7, 11) is 0. The molecule has 0 spiro atoms. The van der Waals surface area contributed by atoms with E-state index in [1.165, 1.54) is 4.68 Å². The van der Waals surface area contributed by atoms with Crippen LogP contribution < -0.4 is 4.90 Å². The Bertz CT molecular complexity index is 954. The quantitative estimate of drug-likeness (QED) is 0.678. The third-order valence-electron chi connectivity index (χ3n) is 4.19. The summed E-state index contributed by atoms with van der Waals surface area (Å²) >= 11 is 12.3. The van der Waals surface area contributed by atoms with Crippen molar-refractivity contribution in [3.63, 3.8) is 0 Å². The highest BCUT2D eigenvalue weighted by Crippen LogP contribution is 2.29. The van der Waals surface area contributed by atoms with Crippen molar-refractivity contribution in [2.75, 3.05) is 11.4 Å². The first kappa shape index (κ1) is 16.1.